The second kappa shape index (κ2) is 12.3. The normalized spacial score (nSPS) is 15.6. The van der Waals surface area contributed by atoms with Crippen LogP contribution in [0.15, 0.2) is 36.4 Å². The summed E-state index contributed by atoms with van der Waals surface area (Å²) in [5.41, 5.74) is 1.84. The van der Waals surface area contributed by atoms with Crippen LogP contribution in [-0.4, -0.2) is 66.0 Å². The van der Waals surface area contributed by atoms with Gasteiger partial charge >= 0.3 is 0 Å². The fraction of sp³-hybridized carbons (Fsp3) is 0.357. The Morgan fingerprint density at radius 2 is 1.72 bits per heavy atom. The number of hydrogen-bond acceptors (Lipinski definition) is 7. The highest BCUT2D eigenvalue weighted by Crippen LogP contribution is 2.33. The smallest absolute Gasteiger partial charge is 0.252 e. The number of carbonyl (C=O) groups excluding carboxylic acids is 6. The number of phenolic OH excluding ortho intramolecular Hbond substituents is 1. The van der Waals surface area contributed by atoms with Crippen LogP contribution < -0.4 is 20.4 Å². The number of amides is 4. The molecule has 0 saturated carbocycles. The number of aryl methyl sites for hydroxylation is 2. The number of nitrogens with one attached hydrogen (secondary N) is 2. The lowest BCUT2D eigenvalue weighted by Crippen LogP contribution is -2.54. The zero-order valence-corrected chi connectivity index (χ0v) is 22.3. The number of nitrogens with zero attached hydrogens (tertiary/aromatic N) is 2. The number of ketones is 1. The van der Waals surface area contributed by atoms with E-state index in [0.717, 1.165) is 4.90 Å². The van der Waals surface area contributed by atoms with Gasteiger partial charge in [-0.15, -0.1) is 0 Å². The van der Waals surface area contributed by atoms with E-state index in [-0.39, 0.29) is 48.1 Å². The van der Waals surface area contributed by atoms with Gasteiger partial charge in [-0.1, -0.05) is 19.1 Å². The molecule has 2 unspecified atom stereocenters. The quantitative estimate of drug-likeness (QED) is 0.411. The fourth-order valence-electron chi connectivity index (χ4n) is 4.45. The summed E-state index contributed by atoms with van der Waals surface area (Å²) in [7, 11) is 0. The molecule has 0 bridgehead atoms. The van der Waals surface area contributed by atoms with E-state index in [1.807, 2.05) is 0 Å². The first-order valence-corrected chi connectivity index (χ1v) is 12.5. The van der Waals surface area contributed by atoms with Gasteiger partial charge in [0.2, 0.25) is 11.8 Å². The van der Waals surface area contributed by atoms with Crippen molar-refractivity contribution in [3.8, 4) is 5.75 Å². The number of aldehydes is 1. The third kappa shape index (κ3) is 6.67. The monoisotopic (exact) mass is 536 g/mol. The van der Waals surface area contributed by atoms with Crippen LogP contribution >= 0.6 is 0 Å². The van der Waals surface area contributed by atoms with Crippen LogP contribution in [0.3, 0.4) is 0 Å². The number of para-hydroxylation sites is 2. The molecule has 11 nitrogen and oxygen atoms in total. The van der Waals surface area contributed by atoms with Crippen LogP contribution in [0.2, 0.25) is 0 Å². The van der Waals surface area contributed by atoms with Crippen molar-refractivity contribution in [1.29, 1.82) is 0 Å². The molecule has 2 aromatic rings. The van der Waals surface area contributed by atoms with Gasteiger partial charge in [-0.2, -0.15) is 0 Å². The predicted molar refractivity (Wildman–Crippen MR) is 144 cm³/mol. The standard InChI is InChI=1S/C28H32N4O7/c1-5-25(36)31-13-21(30-27(38)19-10-16(2)26(37)17(3)11-19)28(39)32(23-9-7-6-8-22(23)31)14-24(35)29-20(15-33)12-18(4)34/h6-11,15,20-21,37H,5,12-14H2,1-4H3,(H,29,35)(H,30,38). The molecule has 1 aliphatic heterocycles. The van der Waals surface area contributed by atoms with Crippen molar-refractivity contribution in [2.45, 2.75) is 52.6 Å². The molecule has 39 heavy (non-hydrogen) atoms. The van der Waals surface area contributed by atoms with E-state index >= 15 is 0 Å². The minimum atomic E-state index is -1.22. The summed E-state index contributed by atoms with van der Waals surface area (Å²) < 4.78 is 0. The van der Waals surface area contributed by atoms with Crippen LogP contribution in [0.1, 0.15) is 48.2 Å². The molecule has 0 fully saturated rings. The molecule has 2 atom stereocenters. The van der Waals surface area contributed by atoms with Gasteiger partial charge in [0.05, 0.1) is 24.0 Å². The minimum absolute atomic E-state index is 0.0582. The van der Waals surface area contributed by atoms with Gasteiger partial charge in [-0.05, 0) is 56.2 Å². The molecule has 206 valence electrons. The van der Waals surface area contributed by atoms with Gasteiger partial charge in [-0.3, -0.25) is 28.9 Å². The number of hydrogen-bond donors (Lipinski definition) is 3. The second-order valence-electron chi connectivity index (χ2n) is 9.47. The zero-order valence-electron chi connectivity index (χ0n) is 22.3. The summed E-state index contributed by atoms with van der Waals surface area (Å²) in [6.07, 6.45) is 0.387. The van der Waals surface area contributed by atoms with Crippen molar-refractivity contribution in [3.05, 3.63) is 53.1 Å². The summed E-state index contributed by atoms with van der Waals surface area (Å²) in [4.78, 5) is 78.2. The minimum Gasteiger partial charge on any atom is -0.507 e. The zero-order chi connectivity index (χ0) is 28.9. The summed E-state index contributed by atoms with van der Waals surface area (Å²) in [5.74, 6) is -2.45. The lowest BCUT2D eigenvalue weighted by molar-refractivity contribution is -0.127. The number of aromatic hydroxyl groups is 1. The number of rotatable bonds is 9. The highest BCUT2D eigenvalue weighted by atomic mass is 16.3. The molecule has 4 amide bonds. The number of carbonyl (C=O) groups is 6. The molecule has 3 N–H and O–H groups in total. The lowest BCUT2D eigenvalue weighted by Gasteiger charge is -2.25. The Hall–Kier alpha value is -4.54. The molecule has 1 heterocycles. The van der Waals surface area contributed by atoms with Gasteiger partial charge < -0.3 is 25.4 Å². The van der Waals surface area contributed by atoms with Crippen LogP contribution in [0, 0.1) is 13.8 Å². The van der Waals surface area contributed by atoms with E-state index in [1.54, 1.807) is 45.0 Å². The summed E-state index contributed by atoms with van der Waals surface area (Å²) in [5, 5.41) is 15.2. The highest BCUT2D eigenvalue weighted by Gasteiger charge is 2.37. The van der Waals surface area contributed by atoms with E-state index in [9.17, 15) is 33.9 Å². The van der Waals surface area contributed by atoms with Crippen LogP contribution in [0.5, 0.6) is 5.75 Å². The average molecular weight is 537 g/mol. The van der Waals surface area contributed by atoms with Gasteiger partial charge in [0.25, 0.3) is 11.8 Å². The number of fused-ring (bicyclic) bond motifs is 1. The Kier molecular flexibility index (Phi) is 9.18. The van der Waals surface area contributed by atoms with Crippen molar-refractivity contribution in [2.75, 3.05) is 22.9 Å². The van der Waals surface area contributed by atoms with E-state index in [0.29, 0.717) is 23.1 Å². The van der Waals surface area contributed by atoms with Crippen molar-refractivity contribution in [3.63, 3.8) is 0 Å². The number of benzene rings is 2. The summed E-state index contributed by atoms with van der Waals surface area (Å²) in [6, 6.07) is 7.26. The first-order valence-electron chi connectivity index (χ1n) is 12.5. The average Bonchev–Trinajstić information content (AvgIpc) is 3.01. The molecule has 0 radical (unpaired) electrons. The Bertz CT molecular complexity index is 1300. The Balaban J connectivity index is 1.98. The lowest BCUT2D eigenvalue weighted by atomic mass is 10.0. The van der Waals surface area contributed by atoms with Crippen molar-refractivity contribution < 1.29 is 33.9 Å². The van der Waals surface area contributed by atoms with Crippen LogP contribution in [0.4, 0.5) is 11.4 Å². The molecule has 2 aromatic carbocycles. The molecule has 0 saturated heterocycles. The third-order valence-corrected chi connectivity index (χ3v) is 6.37. The van der Waals surface area contributed by atoms with Crippen molar-refractivity contribution in [1.82, 2.24) is 10.6 Å². The molecule has 0 spiro atoms. The van der Waals surface area contributed by atoms with Crippen molar-refractivity contribution >= 4 is 47.1 Å². The predicted octanol–water partition coefficient (Wildman–Crippen LogP) is 1.56. The SMILES string of the molecule is CCC(=O)N1CC(NC(=O)c2cc(C)c(O)c(C)c2)C(=O)N(CC(=O)NC(C=O)CC(C)=O)c2ccccc21. The number of phenols is 1. The van der Waals surface area contributed by atoms with E-state index < -0.39 is 36.3 Å². The molecule has 1 aliphatic rings. The molecule has 11 heteroatoms. The topological polar surface area (TPSA) is 153 Å². The molecule has 3 rings (SSSR count). The largest absolute Gasteiger partial charge is 0.507 e. The third-order valence-electron chi connectivity index (χ3n) is 6.37. The maximum absolute atomic E-state index is 13.8. The van der Waals surface area contributed by atoms with Crippen LogP contribution in [-0.2, 0) is 24.0 Å². The molecular weight excluding hydrogens is 504 g/mol. The van der Waals surface area contributed by atoms with E-state index in [1.165, 1.54) is 24.0 Å². The number of Topliss-reactive ketones (excluding diaryl/α,β-unsaturated/α-hetero) is 1. The van der Waals surface area contributed by atoms with Gasteiger partial charge in [0, 0.05) is 18.4 Å². The molecule has 0 aliphatic carbocycles. The maximum Gasteiger partial charge on any atom is 0.252 e. The number of anilines is 2. The maximum atomic E-state index is 13.8. The second-order valence-corrected chi connectivity index (χ2v) is 9.47. The molecule has 0 aromatic heterocycles. The summed E-state index contributed by atoms with van der Waals surface area (Å²) in [6.45, 7) is 5.56. The van der Waals surface area contributed by atoms with Gasteiger partial charge in [0.1, 0.15) is 30.4 Å². The molecular formula is C28H32N4O7. The van der Waals surface area contributed by atoms with E-state index in [2.05, 4.69) is 10.6 Å². The van der Waals surface area contributed by atoms with Gasteiger partial charge in [0.15, 0.2) is 0 Å². The Morgan fingerprint density at radius 1 is 1.10 bits per heavy atom. The summed E-state index contributed by atoms with van der Waals surface area (Å²) >= 11 is 0. The van der Waals surface area contributed by atoms with E-state index in [4.69, 9.17) is 0 Å². The first-order chi connectivity index (χ1) is 18.5. The van der Waals surface area contributed by atoms with Crippen LogP contribution in [0.25, 0.3) is 0 Å². The van der Waals surface area contributed by atoms with Gasteiger partial charge in [-0.25, -0.2) is 0 Å². The first kappa shape index (κ1) is 29.0. The fourth-order valence-corrected chi connectivity index (χ4v) is 4.45. The Morgan fingerprint density at radius 3 is 2.28 bits per heavy atom. The van der Waals surface area contributed by atoms with Crippen molar-refractivity contribution in [2.24, 2.45) is 0 Å². The highest BCUT2D eigenvalue weighted by molar-refractivity contribution is 6.11. The Labute approximate surface area is 226 Å².